The number of rotatable bonds is 4. The van der Waals surface area contributed by atoms with E-state index in [0.717, 1.165) is 34.9 Å². The highest BCUT2D eigenvalue weighted by Gasteiger charge is 2.05. The van der Waals surface area contributed by atoms with Crippen LogP contribution in [0.5, 0.6) is 0 Å². The number of hydrogen-bond donors (Lipinski definition) is 3. The van der Waals surface area contributed by atoms with Crippen LogP contribution in [0.15, 0.2) is 24.3 Å². The molecule has 1 amide bonds. The van der Waals surface area contributed by atoms with Gasteiger partial charge in [0.25, 0.3) is 0 Å². The lowest BCUT2D eigenvalue weighted by Crippen LogP contribution is -2.06. The van der Waals surface area contributed by atoms with Crippen LogP contribution >= 0.6 is 0 Å². The predicted octanol–water partition coefficient (Wildman–Crippen LogP) is 2.60. The summed E-state index contributed by atoms with van der Waals surface area (Å²) in [5, 5.41) is 13.2. The third kappa shape index (κ3) is 3.34. The molecule has 5 nitrogen and oxygen atoms in total. The van der Waals surface area contributed by atoms with Gasteiger partial charge in [-0.2, -0.15) is 5.10 Å². The Balaban J connectivity index is 1.98. The third-order valence-corrected chi connectivity index (χ3v) is 2.87. The average Bonchev–Trinajstić information content (AvgIpc) is 2.68. The predicted molar refractivity (Wildman–Crippen MR) is 76.1 cm³/mol. The van der Waals surface area contributed by atoms with Crippen molar-refractivity contribution in [2.75, 3.05) is 10.6 Å². The second kappa shape index (κ2) is 5.56. The number of aromatic nitrogens is 2. The minimum absolute atomic E-state index is 0.0597. The summed E-state index contributed by atoms with van der Waals surface area (Å²) in [5.41, 5.74) is 5.01. The first-order valence-corrected chi connectivity index (χ1v) is 6.18. The van der Waals surface area contributed by atoms with Crippen molar-refractivity contribution in [2.45, 2.75) is 27.3 Å². The molecular weight excluding hydrogens is 240 g/mol. The van der Waals surface area contributed by atoms with E-state index in [2.05, 4.69) is 20.8 Å². The summed E-state index contributed by atoms with van der Waals surface area (Å²) < 4.78 is 0. The smallest absolute Gasteiger partial charge is 0.221 e. The molecule has 0 spiro atoms. The summed E-state index contributed by atoms with van der Waals surface area (Å²) in [6.07, 6.45) is 0. The number of anilines is 2. The van der Waals surface area contributed by atoms with Crippen molar-refractivity contribution < 1.29 is 4.79 Å². The zero-order valence-corrected chi connectivity index (χ0v) is 11.4. The highest BCUT2D eigenvalue weighted by Crippen LogP contribution is 2.17. The summed E-state index contributed by atoms with van der Waals surface area (Å²) in [7, 11) is 0. The van der Waals surface area contributed by atoms with E-state index in [0.29, 0.717) is 0 Å². The van der Waals surface area contributed by atoms with Crippen molar-refractivity contribution in [2.24, 2.45) is 0 Å². The maximum atomic E-state index is 10.9. The molecule has 0 aliphatic carbocycles. The number of aryl methyl sites for hydroxylation is 2. The van der Waals surface area contributed by atoms with Gasteiger partial charge >= 0.3 is 0 Å². The lowest BCUT2D eigenvalue weighted by Gasteiger charge is -2.08. The largest absolute Gasteiger partial charge is 0.378 e. The third-order valence-electron chi connectivity index (χ3n) is 2.87. The zero-order chi connectivity index (χ0) is 13.8. The molecule has 19 heavy (non-hydrogen) atoms. The highest BCUT2D eigenvalue weighted by molar-refractivity contribution is 5.88. The van der Waals surface area contributed by atoms with E-state index >= 15 is 0 Å². The molecular formula is C14H18N4O. The van der Waals surface area contributed by atoms with Gasteiger partial charge in [-0.3, -0.25) is 9.89 Å². The van der Waals surface area contributed by atoms with Crippen molar-refractivity contribution in [3.8, 4) is 0 Å². The number of H-pyrrole nitrogens is 1. The Bertz CT molecular complexity index is 552. The number of aromatic amines is 1. The van der Waals surface area contributed by atoms with Gasteiger partial charge in [-0.25, -0.2) is 0 Å². The van der Waals surface area contributed by atoms with Crippen LogP contribution in [0.1, 0.15) is 23.9 Å². The quantitative estimate of drug-likeness (QED) is 0.789. The number of benzene rings is 1. The monoisotopic (exact) mass is 258 g/mol. The van der Waals surface area contributed by atoms with Crippen LogP contribution in [-0.4, -0.2) is 16.1 Å². The van der Waals surface area contributed by atoms with E-state index in [1.807, 2.05) is 38.1 Å². The molecule has 5 heteroatoms. The molecule has 0 aliphatic rings. The van der Waals surface area contributed by atoms with Gasteiger partial charge in [0.05, 0.1) is 17.1 Å². The Labute approximate surface area is 112 Å². The molecule has 0 unspecified atom stereocenters. The Morgan fingerprint density at radius 1 is 1.26 bits per heavy atom. The van der Waals surface area contributed by atoms with Crippen molar-refractivity contribution in [1.29, 1.82) is 0 Å². The Morgan fingerprint density at radius 3 is 2.47 bits per heavy atom. The van der Waals surface area contributed by atoms with Crippen molar-refractivity contribution >= 4 is 17.3 Å². The van der Waals surface area contributed by atoms with Gasteiger partial charge in [0.2, 0.25) is 5.91 Å². The fraction of sp³-hybridized carbons (Fsp3) is 0.286. The van der Waals surface area contributed by atoms with Crippen LogP contribution < -0.4 is 10.6 Å². The van der Waals surface area contributed by atoms with E-state index < -0.39 is 0 Å². The van der Waals surface area contributed by atoms with E-state index in [4.69, 9.17) is 0 Å². The van der Waals surface area contributed by atoms with E-state index in [1.165, 1.54) is 6.92 Å². The first-order chi connectivity index (χ1) is 9.06. The van der Waals surface area contributed by atoms with Gasteiger partial charge in [-0.1, -0.05) is 12.1 Å². The molecule has 1 heterocycles. The van der Waals surface area contributed by atoms with Gasteiger partial charge in [0, 0.05) is 19.2 Å². The lowest BCUT2D eigenvalue weighted by molar-refractivity contribution is -0.114. The maximum Gasteiger partial charge on any atom is 0.221 e. The minimum atomic E-state index is -0.0597. The molecule has 0 aliphatic heterocycles. The molecule has 0 radical (unpaired) electrons. The van der Waals surface area contributed by atoms with Gasteiger partial charge in [0.15, 0.2) is 0 Å². The average molecular weight is 258 g/mol. The first-order valence-electron chi connectivity index (χ1n) is 6.18. The molecule has 0 saturated heterocycles. The molecule has 2 aromatic rings. The molecule has 0 fully saturated rings. The zero-order valence-electron chi connectivity index (χ0n) is 11.4. The molecule has 3 N–H and O–H groups in total. The second-order valence-corrected chi connectivity index (χ2v) is 4.54. The number of carbonyl (C=O) groups is 1. The fourth-order valence-corrected chi connectivity index (χ4v) is 1.91. The number of nitrogens with one attached hydrogen (secondary N) is 3. The molecule has 1 aromatic carbocycles. The van der Waals surface area contributed by atoms with Crippen molar-refractivity contribution in [3.05, 3.63) is 41.2 Å². The first kappa shape index (κ1) is 13.1. The Morgan fingerprint density at radius 2 is 1.95 bits per heavy atom. The van der Waals surface area contributed by atoms with Gasteiger partial charge in [-0.15, -0.1) is 0 Å². The molecule has 2 rings (SSSR count). The SMILES string of the molecule is CC(=O)Nc1ccc(CNc2c(C)n[nH]c2C)cc1. The highest BCUT2D eigenvalue weighted by atomic mass is 16.1. The fourth-order valence-electron chi connectivity index (χ4n) is 1.91. The summed E-state index contributed by atoms with van der Waals surface area (Å²) >= 11 is 0. The van der Waals surface area contributed by atoms with Gasteiger partial charge in [0.1, 0.15) is 0 Å². The normalized spacial score (nSPS) is 10.3. The van der Waals surface area contributed by atoms with E-state index in [-0.39, 0.29) is 5.91 Å². The Kier molecular flexibility index (Phi) is 3.85. The summed E-state index contributed by atoms with van der Waals surface area (Å²) in [6.45, 7) is 6.18. The lowest BCUT2D eigenvalue weighted by atomic mass is 10.2. The molecule has 100 valence electrons. The second-order valence-electron chi connectivity index (χ2n) is 4.54. The summed E-state index contributed by atoms with van der Waals surface area (Å²) in [4.78, 5) is 10.9. The maximum absolute atomic E-state index is 10.9. The molecule has 0 bridgehead atoms. The number of nitrogens with zero attached hydrogens (tertiary/aromatic N) is 1. The topological polar surface area (TPSA) is 69.8 Å². The van der Waals surface area contributed by atoms with E-state index in [9.17, 15) is 4.79 Å². The van der Waals surface area contributed by atoms with Crippen LogP contribution in [0, 0.1) is 13.8 Å². The molecule has 1 aromatic heterocycles. The summed E-state index contributed by atoms with van der Waals surface area (Å²) in [6, 6.07) is 7.77. The standard InChI is InChI=1S/C14H18N4O/c1-9-14(10(2)18-17-9)15-8-12-4-6-13(7-5-12)16-11(3)19/h4-7,15H,8H2,1-3H3,(H,16,19)(H,17,18). The molecule has 0 atom stereocenters. The summed E-state index contributed by atoms with van der Waals surface area (Å²) in [5.74, 6) is -0.0597. The van der Waals surface area contributed by atoms with Crippen LogP contribution in [0.2, 0.25) is 0 Å². The van der Waals surface area contributed by atoms with Gasteiger partial charge < -0.3 is 10.6 Å². The Hall–Kier alpha value is -2.30. The van der Waals surface area contributed by atoms with Crippen LogP contribution in [0.4, 0.5) is 11.4 Å². The number of amides is 1. The van der Waals surface area contributed by atoms with Crippen molar-refractivity contribution in [1.82, 2.24) is 10.2 Å². The van der Waals surface area contributed by atoms with Crippen molar-refractivity contribution in [3.63, 3.8) is 0 Å². The minimum Gasteiger partial charge on any atom is -0.378 e. The van der Waals surface area contributed by atoms with Gasteiger partial charge in [-0.05, 0) is 31.5 Å². The number of hydrogen-bond acceptors (Lipinski definition) is 3. The van der Waals surface area contributed by atoms with Crippen LogP contribution in [0.25, 0.3) is 0 Å². The van der Waals surface area contributed by atoms with Crippen LogP contribution in [0.3, 0.4) is 0 Å². The van der Waals surface area contributed by atoms with Crippen LogP contribution in [-0.2, 0) is 11.3 Å². The van der Waals surface area contributed by atoms with E-state index in [1.54, 1.807) is 0 Å². The number of carbonyl (C=O) groups excluding carboxylic acids is 1. The molecule has 0 saturated carbocycles.